The number of carbonyl (C=O) groups excluding carboxylic acids is 4. The molecular formula is C66H109N2O10Y2. The summed E-state index contributed by atoms with van der Waals surface area (Å²) in [6.07, 6.45) is 19.8. The number of aliphatic carboxylic acids is 1. The van der Waals surface area contributed by atoms with E-state index < -0.39 is 23.4 Å². The molecule has 80 heavy (non-hydrogen) atoms. The SMILES string of the molecule is C.CC(=O)OC1CCC2(C)C(CCC3C2CCC2(C)C(C(C)CCCC(C)C)CCC32)C1.CCC1C(C)CC(C)C1C.CNC(=O)C(OC=O)(C([NH-])=O)C(=O)O.Cc1cc(C)cc(C)c1.[CH3-].[CH3-].[Y+3].[Y].c1ccc(OCC2CO2)cc1. The molecule has 2 aromatic carbocycles. The van der Waals surface area contributed by atoms with Gasteiger partial charge in [-0.15, -0.1) is 0 Å². The number of nitrogens with one attached hydrogen (secondary N) is 2. The summed E-state index contributed by atoms with van der Waals surface area (Å²) in [4.78, 5) is 53.6. The third-order valence-corrected chi connectivity index (χ3v) is 19.0. The minimum absolute atomic E-state index is 0. The molecule has 0 aromatic heterocycles. The molecule has 8 rings (SSSR count). The Bertz CT molecular complexity index is 2080. The van der Waals surface area contributed by atoms with E-state index in [-0.39, 0.29) is 106 Å². The number of epoxide rings is 1. The predicted octanol–water partition coefficient (Wildman–Crippen LogP) is 15.3. The van der Waals surface area contributed by atoms with E-state index in [1.807, 2.05) is 35.6 Å². The Kier molecular flexibility index (Phi) is 37.2. The standard InChI is InChI=1S/C29H50O2.C10H20.C9H10O2.C9H12.C6H8N2O6.CH4.2CH3.2Y/c1-19(2)8-7-9-20(3)25-12-13-26-24-11-10-22-18-23(31-21(4)30)14-16-28(22,5)27(24)15-17-29(25,26)6;1-5-10-8(3)6-7(2)9(10)4;1-2-4-8(5-3-1)10-6-9-7-11-9;1-7-4-8(2)6-9(3)5-7;1-8-4(11)6(3(7)10,5(12)13)14-2-9;;;;;/h19-20,22-27H,7-18H2,1-6H3;7-10H,5-6H2,1-4H3;1-5,9H,6-7H2;4-6H,1-3H3;2H,1H3,(H4,7,8,10,11,12,13);1H4;2*1H3;;/q;;;;;;2*-1;;+3/p-1. The van der Waals surface area contributed by atoms with Gasteiger partial charge in [0.2, 0.25) is 0 Å². The third kappa shape index (κ3) is 21.7. The van der Waals surface area contributed by atoms with Gasteiger partial charge in [0.1, 0.15) is 30.5 Å². The second-order valence-electron chi connectivity index (χ2n) is 24.7. The fourth-order valence-electron chi connectivity index (χ4n) is 15.1. The number of carboxylic acid groups (broad SMARTS) is 1. The van der Waals surface area contributed by atoms with E-state index in [1.165, 1.54) is 93.7 Å². The summed E-state index contributed by atoms with van der Waals surface area (Å²) in [5.74, 6) is 5.82. The molecule has 2 amide bonds. The van der Waals surface area contributed by atoms with Gasteiger partial charge >= 0.3 is 50.2 Å². The molecular weight excluding hydrogens is 1160 g/mol. The van der Waals surface area contributed by atoms with Gasteiger partial charge in [0, 0.05) is 46.7 Å². The van der Waals surface area contributed by atoms with Crippen molar-refractivity contribution in [3.8, 4) is 5.75 Å². The molecule has 6 fully saturated rings. The molecule has 14 heteroatoms. The molecule has 5 aliphatic carbocycles. The number of hydrogen-bond donors (Lipinski definition) is 2. The summed E-state index contributed by atoms with van der Waals surface area (Å²) in [6, 6.07) is 16.4. The molecule has 15 atom stereocenters. The van der Waals surface area contributed by atoms with Gasteiger partial charge in [0.25, 0.3) is 12.4 Å². The Hall–Kier alpha value is -2.24. The number of rotatable bonds is 15. The molecule has 6 aliphatic rings. The van der Waals surface area contributed by atoms with Crippen LogP contribution in [-0.4, -0.2) is 73.4 Å². The monoisotopic (exact) mass is 1270 g/mol. The van der Waals surface area contributed by atoms with Crippen LogP contribution in [0.1, 0.15) is 183 Å². The van der Waals surface area contributed by atoms with Crippen LogP contribution in [-0.2, 0) is 104 Å². The van der Waals surface area contributed by atoms with Gasteiger partial charge in [-0.1, -0.05) is 149 Å². The van der Waals surface area contributed by atoms with Gasteiger partial charge < -0.3 is 54.8 Å². The molecule has 3 N–H and O–H groups in total. The zero-order valence-corrected chi connectivity index (χ0v) is 57.5. The van der Waals surface area contributed by atoms with Crippen molar-refractivity contribution >= 4 is 30.2 Å². The maximum atomic E-state index is 11.5. The van der Waals surface area contributed by atoms with Crippen LogP contribution in [0, 0.1) is 112 Å². The van der Waals surface area contributed by atoms with Gasteiger partial charge in [0.05, 0.1) is 6.61 Å². The molecule has 0 spiro atoms. The summed E-state index contributed by atoms with van der Waals surface area (Å²) >= 11 is 0. The van der Waals surface area contributed by atoms with Crippen molar-refractivity contribution in [3.63, 3.8) is 0 Å². The number of amides is 2. The van der Waals surface area contributed by atoms with E-state index in [9.17, 15) is 24.0 Å². The third-order valence-electron chi connectivity index (χ3n) is 19.0. The quantitative estimate of drug-likeness (QED) is 0.0572. The number of carbonyl (C=O) groups is 5. The first kappa shape index (κ1) is 79.8. The second-order valence-corrected chi connectivity index (χ2v) is 24.7. The maximum absolute atomic E-state index is 11.5. The van der Waals surface area contributed by atoms with E-state index in [2.05, 4.69) is 106 Å². The van der Waals surface area contributed by atoms with Crippen molar-refractivity contribution in [1.82, 2.24) is 5.32 Å². The van der Waals surface area contributed by atoms with Crippen molar-refractivity contribution < 1.29 is 113 Å². The summed E-state index contributed by atoms with van der Waals surface area (Å²) < 4.78 is 19.9. The molecule has 1 heterocycles. The molecule has 1 radical (unpaired) electrons. The van der Waals surface area contributed by atoms with Crippen molar-refractivity contribution in [2.45, 2.75) is 205 Å². The van der Waals surface area contributed by atoms with E-state index in [4.69, 9.17) is 25.1 Å². The van der Waals surface area contributed by atoms with Crippen LogP contribution in [0.3, 0.4) is 0 Å². The first-order valence-electron chi connectivity index (χ1n) is 28.7. The average Bonchev–Trinajstić information content (AvgIpc) is 4.05. The number of fused-ring (bicyclic) bond motifs is 5. The Morgan fingerprint density at radius 2 is 1.41 bits per heavy atom. The van der Waals surface area contributed by atoms with Gasteiger partial charge in [-0.05, 0) is 173 Å². The van der Waals surface area contributed by atoms with Gasteiger partial charge in [0.15, 0.2) is 0 Å². The largest absolute Gasteiger partial charge is 3.00 e. The van der Waals surface area contributed by atoms with Crippen LogP contribution in [0.2, 0.25) is 0 Å². The molecule has 5 saturated carbocycles. The smallest absolute Gasteiger partial charge is 0.663 e. The fourth-order valence-corrected chi connectivity index (χ4v) is 15.1. The normalized spacial score (nSPS) is 30.0. The van der Waals surface area contributed by atoms with Gasteiger partial charge in [-0.3, -0.25) is 14.4 Å². The van der Waals surface area contributed by atoms with Gasteiger partial charge in [-0.2, -0.15) is 0 Å². The minimum Gasteiger partial charge on any atom is -0.663 e. The second kappa shape index (κ2) is 37.2. The Balaban J connectivity index is 0. The minimum atomic E-state index is -3.11. The molecule has 15 unspecified atom stereocenters. The Labute approximate surface area is 537 Å². The Morgan fingerprint density at radius 1 is 0.850 bits per heavy atom. The van der Waals surface area contributed by atoms with Gasteiger partial charge in [-0.25, -0.2) is 4.79 Å². The number of esters is 1. The summed E-state index contributed by atoms with van der Waals surface area (Å²) in [7, 11) is 1.04. The van der Waals surface area contributed by atoms with Crippen LogP contribution in [0.25, 0.3) is 5.73 Å². The fraction of sp³-hybridized carbons (Fsp3) is 0.712. The zero-order valence-electron chi connectivity index (χ0n) is 51.8. The number of benzene rings is 2. The Morgan fingerprint density at radius 3 is 1.86 bits per heavy atom. The summed E-state index contributed by atoms with van der Waals surface area (Å²) in [6.45, 7) is 31.3. The maximum Gasteiger partial charge on any atom is 3.00 e. The molecule has 12 nitrogen and oxygen atoms in total. The molecule has 0 bridgehead atoms. The van der Waals surface area contributed by atoms with Crippen LogP contribution < -0.4 is 10.1 Å². The van der Waals surface area contributed by atoms with Crippen molar-refractivity contribution in [2.24, 2.45) is 75.9 Å². The molecule has 2 aromatic rings. The molecule has 449 valence electrons. The summed E-state index contributed by atoms with van der Waals surface area (Å²) in [5.41, 5.74) is 8.62. The number of carboxylic acids is 1. The topological polar surface area (TPSA) is 182 Å². The average molecular weight is 1270 g/mol. The van der Waals surface area contributed by atoms with E-state index in [0.717, 1.165) is 97.3 Å². The molecule has 1 saturated heterocycles. The van der Waals surface area contributed by atoms with Crippen molar-refractivity contribution in [1.29, 1.82) is 0 Å². The first-order valence-corrected chi connectivity index (χ1v) is 28.7. The number of hydrogen-bond acceptors (Lipinski definition) is 9. The zero-order chi connectivity index (χ0) is 55.8. The van der Waals surface area contributed by atoms with Crippen LogP contribution >= 0.6 is 0 Å². The van der Waals surface area contributed by atoms with E-state index in [0.29, 0.717) is 23.5 Å². The van der Waals surface area contributed by atoms with Crippen LogP contribution in [0.15, 0.2) is 48.5 Å². The van der Waals surface area contributed by atoms with Crippen molar-refractivity contribution in [2.75, 3.05) is 20.3 Å². The molecule has 1 aliphatic heterocycles. The number of para-hydroxylation sites is 1. The van der Waals surface area contributed by atoms with Crippen molar-refractivity contribution in [3.05, 3.63) is 85.8 Å². The number of likely N-dealkylation sites (N-methyl/N-ethyl adjacent to an activating group) is 1. The first-order chi connectivity index (χ1) is 35.4. The number of ether oxygens (including phenoxy) is 4. The summed E-state index contributed by atoms with van der Waals surface area (Å²) in [5, 5.41) is 10.4. The number of aryl methyl sites for hydroxylation is 3. The predicted molar refractivity (Wildman–Crippen MR) is 317 cm³/mol. The van der Waals surface area contributed by atoms with E-state index in [1.54, 1.807) is 6.92 Å². The van der Waals surface area contributed by atoms with E-state index >= 15 is 0 Å². The van der Waals surface area contributed by atoms with Crippen LogP contribution in [0.4, 0.5) is 0 Å². The van der Waals surface area contributed by atoms with Crippen LogP contribution in [0.5, 0.6) is 5.75 Å².